The second-order valence-corrected chi connectivity index (χ2v) is 3.81. The Hall–Kier alpha value is -0.550. The van der Waals surface area contributed by atoms with E-state index in [1.807, 2.05) is 0 Å². The van der Waals surface area contributed by atoms with Gasteiger partial charge in [0, 0.05) is 12.1 Å². The molecule has 0 saturated carbocycles. The Kier molecular flexibility index (Phi) is 6.62. The summed E-state index contributed by atoms with van der Waals surface area (Å²) in [7, 11) is 0. The van der Waals surface area contributed by atoms with E-state index in [0.717, 1.165) is 6.42 Å². The van der Waals surface area contributed by atoms with Crippen LogP contribution in [0.3, 0.4) is 0 Å². The first-order valence-corrected chi connectivity index (χ1v) is 5.28. The zero-order valence-electron chi connectivity index (χ0n) is 9.30. The van der Waals surface area contributed by atoms with E-state index < -0.39 is 0 Å². The summed E-state index contributed by atoms with van der Waals surface area (Å²) in [6.07, 6.45) is 2.85. The van der Waals surface area contributed by atoms with E-state index in [4.69, 9.17) is 5.26 Å². The lowest BCUT2D eigenvalue weighted by atomic mass is 9.99. The normalized spacial score (nSPS) is 17.5. The maximum absolute atomic E-state index is 8.59. The summed E-state index contributed by atoms with van der Waals surface area (Å²) in [5, 5.41) is 12.1. The van der Waals surface area contributed by atoms with Gasteiger partial charge in [-0.05, 0) is 19.3 Å². The van der Waals surface area contributed by atoms with Crippen LogP contribution in [0.25, 0.3) is 0 Å². The third-order valence-electron chi connectivity index (χ3n) is 2.83. The predicted molar refractivity (Wildman–Crippen MR) is 56.4 cm³/mol. The molecule has 2 heteroatoms. The second kappa shape index (κ2) is 6.91. The van der Waals surface area contributed by atoms with E-state index in [2.05, 4.69) is 39.1 Å². The van der Waals surface area contributed by atoms with E-state index in [9.17, 15) is 0 Å². The molecule has 76 valence electrons. The molecule has 0 radical (unpaired) electrons. The van der Waals surface area contributed by atoms with Gasteiger partial charge >= 0.3 is 0 Å². The summed E-state index contributed by atoms with van der Waals surface area (Å²) < 4.78 is 0. The first-order chi connectivity index (χ1) is 6.15. The van der Waals surface area contributed by atoms with E-state index in [1.54, 1.807) is 0 Å². The first-order valence-electron chi connectivity index (χ1n) is 5.28. The van der Waals surface area contributed by atoms with Crippen LogP contribution in [0.5, 0.6) is 0 Å². The molecule has 0 aromatic rings. The van der Waals surface area contributed by atoms with Crippen LogP contribution in [0, 0.1) is 17.2 Å². The number of nitrogens with zero attached hydrogens (tertiary/aromatic N) is 1. The average Bonchev–Trinajstić information content (AvgIpc) is 2.15. The van der Waals surface area contributed by atoms with Crippen LogP contribution in [0.1, 0.15) is 47.0 Å². The zero-order valence-corrected chi connectivity index (χ0v) is 9.30. The van der Waals surface area contributed by atoms with Gasteiger partial charge < -0.3 is 5.32 Å². The smallest absolute Gasteiger partial charge is 0.0638 e. The molecule has 0 spiro atoms. The van der Waals surface area contributed by atoms with Crippen LogP contribution in [-0.4, -0.2) is 12.1 Å². The van der Waals surface area contributed by atoms with Crippen molar-refractivity contribution >= 4 is 0 Å². The minimum absolute atomic E-state index is 0.369. The number of hydrogen-bond donors (Lipinski definition) is 1. The fourth-order valence-corrected chi connectivity index (χ4v) is 1.32. The van der Waals surface area contributed by atoms with Gasteiger partial charge in [-0.15, -0.1) is 0 Å². The lowest BCUT2D eigenvalue weighted by Crippen LogP contribution is -2.39. The molecule has 0 aromatic carbocycles. The summed E-state index contributed by atoms with van der Waals surface area (Å²) >= 11 is 0. The summed E-state index contributed by atoms with van der Waals surface area (Å²) in [6.45, 7) is 8.78. The van der Waals surface area contributed by atoms with Crippen LogP contribution in [-0.2, 0) is 0 Å². The van der Waals surface area contributed by atoms with Gasteiger partial charge in [0.25, 0.3) is 0 Å². The Morgan fingerprint density at radius 2 is 1.85 bits per heavy atom. The lowest BCUT2D eigenvalue weighted by Gasteiger charge is -2.24. The van der Waals surface area contributed by atoms with Gasteiger partial charge in [-0.1, -0.05) is 27.2 Å². The SMILES string of the molecule is CCC(CC#N)NC(C)C(C)CC. The average molecular weight is 182 g/mol. The fourth-order valence-electron chi connectivity index (χ4n) is 1.32. The van der Waals surface area contributed by atoms with Crippen LogP contribution in [0.4, 0.5) is 0 Å². The number of hydrogen-bond acceptors (Lipinski definition) is 2. The topological polar surface area (TPSA) is 35.8 Å². The molecule has 0 rings (SSSR count). The molecule has 3 unspecified atom stereocenters. The third-order valence-corrected chi connectivity index (χ3v) is 2.83. The van der Waals surface area contributed by atoms with E-state index in [1.165, 1.54) is 6.42 Å². The molecule has 0 heterocycles. The molecule has 13 heavy (non-hydrogen) atoms. The molecule has 0 aliphatic carbocycles. The van der Waals surface area contributed by atoms with E-state index in [-0.39, 0.29) is 0 Å². The number of rotatable bonds is 6. The zero-order chi connectivity index (χ0) is 10.3. The molecule has 0 aliphatic rings. The molecule has 0 saturated heterocycles. The highest BCUT2D eigenvalue weighted by Crippen LogP contribution is 2.09. The van der Waals surface area contributed by atoms with E-state index in [0.29, 0.717) is 24.4 Å². The van der Waals surface area contributed by atoms with Gasteiger partial charge in [0.15, 0.2) is 0 Å². The van der Waals surface area contributed by atoms with Crippen molar-refractivity contribution in [2.45, 2.75) is 59.0 Å². The molecular formula is C11H22N2. The molecule has 0 aliphatic heterocycles. The van der Waals surface area contributed by atoms with Crippen molar-refractivity contribution in [3.63, 3.8) is 0 Å². The van der Waals surface area contributed by atoms with Crippen molar-refractivity contribution in [3.05, 3.63) is 0 Å². The van der Waals surface area contributed by atoms with Gasteiger partial charge in [-0.3, -0.25) is 0 Å². The minimum atomic E-state index is 0.369. The van der Waals surface area contributed by atoms with E-state index >= 15 is 0 Å². The largest absolute Gasteiger partial charge is 0.310 e. The highest BCUT2D eigenvalue weighted by molar-refractivity contribution is 4.82. The maximum atomic E-state index is 8.59. The van der Waals surface area contributed by atoms with Gasteiger partial charge in [0.2, 0.25) is 0 Å². The van der Waals surface area contributed by atoms with Crippen molar-refractivity contribution < 1.29 is 0 Å². The molecule has 0 aromatic heterocycles. The van der Waals surface area contributed by atoms with Crippen molar-refractivity contribution in [2.24, 2.45) is 5.92 Å². The van der Waals surface area contributed by atoms with Crippen LogP contribution in [0.2, 0.25) is 0 Å². The number of nitrogens with one attached hydrogen (secondary N) is 1. The predicted octanol–water partition coefficient (Wildman–Crippen LogP) is 2.70. The lowest BCUT2D eigenvalue weighted by molar-refractivity contribution is 0.344. The molecule has 0 amide bonds. The minimum Gasteiger partial charge on any atom is -0.310 e. The first kappa shape index (κ1) is 12.4. The van der Waals surface area contributed by atoms with Gasteiger partial charge in [0.05, 0.1) is 12.5 Å². The highest BCUT2D eigenvalue weighted by atomic mass is 14.9. The third kappa shape index (κ3) is 4.90. The standard InChI is InChI=1S/C11H22N2/c1-5-9(3)10(4)13-11(6-2)7-8-12/h9-11,13H,5-7H2,1-4H3. The summed E-state index contributed by atoms with van der Waals surface area (Å²) in [5.74, 6) is 0.688. The molecule has 2 nitrogen and oxygen atoms in total. The van der Waals surface area contributed by atoms with Gasteiger partial charge in [0.1, 0.15) is 0 Å². The molecular weight excluding hydrogens is 160 g/mol. The Morgan fingerprint density at radius 3 is 2.23 bits per heavy atom. The fraction of sp³-hybridized carbons (Fsp3) is 0.909. The van der Waals surface area contributed by atoms with Crippen molar-refractivity contribution in [1.29, 1.82) is 5.26 Å². The van der Waals surface area contributed by atoms with Crippen molar-refractivity contribution in [1.82, 2.24) is 5.32 Å². The monoisotopic (exact) mass is 182 g/mol. The summed E-state index contributed by atoms with van der Waals surface area (Å²) in [4.78, 5) is 0. The summed E-state index contributed by atoms with van der Waals surface area (Å²) in [6, 6.07) is 3.10. The molecule has 0 bridgehead atoms. The molecule has 1 N–H and O–H groups in total. The molecule has 0 fully saturated rings. The van der Waals surface area contributed by atoms with Gasteiger partial charge in [-0.25, -0.2) is 0 Å². The molecule has 3 atom stereocenters. The number of nitriles is 1. The van der Waals surface area contributed by atoms with Crippen molar-refractivity contribution in [3.8, 4) is 6.07 Å². The maximum Gasteiger partial charge on any atom is 0.0638 e. The quantitative estimate of drug-likeness (QED) is 0.685. The second-order valence-electron chi connectivity index (χ2n) is 3.81. The van der Waals surface area contributed by atoms with Crippen LogP contribution < -0.4 is 5.32 Å². The van der Waals surface area contributed by atoms with Gasteiger partial charge in [-0.2, -0.15) is 5.26 Å². The Labute approximate surface area is 82.3 Å². The Morgan fingerprint density at radius 1 is 1.23 bits per heavy atom. The Balaban J connectivity index is 3.86. The van der Waals surface area contributed by atoms with Crippen LogP contribution in [0.15, 0.2) is 0 Å². The Bertz CT molecular complexity index is 160. The summed E-state index contributed by atoms with van der Waals surface area (Å²) in [5.41, 5.74) is 0. The highest BCUT2D eigenvalue weighted by Gasteiger charge is 2.13. The van der Waals surface area contributed by atoms with Crippen LogP contribution >= 0.6 is 0 Å². The van der Waals surface area contributed by atoms with Crippen molar-refractivity contribution in [2.75, 3.05) is 0 Å².